The lowest BCUT2D eigenvalue weighted by atomic mass is 10.1. The van der Waals surface area contributed by atoms with Gasteiger partial charge in [-0.25, -0.2) is 0 Å². The molecule has 3 aromatic rings. The van der Waals surface area contributed by atoms with Crippen LogP contribution in [-0.4, -0.2) is 34.1 Å². The van der Waals surface area contributed by atoms with Crippen LogP contribution in [0.3, 0.4) is 0 Å². The van der Waals surface area contributed by atoms with E-state index in [4.69, 9.17) is 4.74 Å². The molecule has 1 fully saturated rings. The monoisotopic (exact) mass is 374 g/mol. The Kier molecular flexibility index (Phi) is 5.47. The van der Waals surface area contributed by atoms with Crippen molar-refractivity contribution in [2.75, 3.05) is 18.4 Å². The summed E-state index contributed by atoms with van der Waals surface area (Å²) in [7, 11) is 0. The predicted molar refractivity (Wildman–Crippen MR) is 108 cm³/mol. The molecule has 0 bridgehead atoms. The van der Waals surface area contributed by atoms with E-state index in [2.05, 4.69) is 15.5 Å². The zero-order chi connectivity index (χ0) is 19.2. The van der Waals surface area contributed by atoms with Gasteiger partial charge in [-0.1, -0.05) is 18.2 Å². The maximum absolute atomic E-state index is 12.4. The number of amides is 1. The number of carbonyl (C=O) groups is 1. The summed E-state index contributed by atoms with van der Waals surface area (Å²) in [6.07, 6.45) is 3.30. The average molecular weight is 374 g/mol. The van der Waals surface area contributed by atoms with Gasteiger partial charge in [-0.05, 0) is 67.8 Å². The van der Waals surface area contributed by atoms with Gasteiger partial charge >= 0.3 is 0 Å². The molecule has 28 heavy (non-hydrogen) atoms. The normalized spacial score (nSPS) is 13.8. The van der Waals surface area contributed by atoms with Gasteiger partial charge in [-0.2, -0.15) is 0 Å². The van der Waals surface area contributed by atoms with Crippen molar-refractivity contribution in [2.24, 2.45) is 0 Å². The molecule has 2 aromatic carbocycles. The number of hydrogen-bond donors (Lipinski definition) is 1. The van der Waals surface area contributed by atoms with Crippen molar-refractivity contribution < 1.29 is 9.53 Å². The van der Waals surface area contributed by atoms with Crippen molar-refractivity contribution in [3.8, 4) is 11.5 Å². The molecule has 6 heteroatoms. The minimum Gasteiger partial charge on any atom is -0.457 e. The van der Waals surface area contributed by atoms with Crippen molar-refractivity contribution in [3.63, 3.8) is 0 Å². The van der Waals surface area contributed by atoms with E-state index >= 15 is 0 Å². The first-order valence-electron chi connectivity index (χ1n) is 9.51. The topological polar surface area (TPSA) is 67.3 Å². The van der Waals surface area contributed by atoms with Crippen LogP contribution in [0, 0.1) is 0 Å². The molecule has 6 nitrogen and oxygen atoms in total. The molecule has 1 aromatic heterocycles. The van der Waals surface area contributed by atoms with Crippen LogP contribution in [0.15, 0.2) is 66.7 Å². The molecule has 142 valence electrons. The Bertz CT molecular complexity index is 906. The number of ether oxygens (including phenoxy) is 1. The molecule has 0 saturated carbocycles. The van der Waals surface area contributed by atoms with Crippen LogP contribution in [0.2, 0.25) is 0 Å². The maximum atomic E-state index is 12.4. The Morgan fingerprint density at radius 3 is 2.21 bits per heavy atom. The van der Waals surface area contributed by atoms with Crippen LogP contribution in [0.5, 0.6) is 11.5 Å². The summed E-state index contributed by atoms with van der Waals surface area (Å²) in [4.78, 5) is 14.3. The van der Waals surface area contributed by atoms with E-state index in [0.717, 1.165) is 43.1 Å². The first-order chi connectivity index (χ1) is 13.8. The second kappa shape index (κ2) is 8.52. The molecule has 0 spiro atoms. The van der Waals surface area contributed by atoms with E-state index in [1.165, 1.54) is 6.42 Å². The molecular formula is C22H22N4O2. The van der Waals surface area contributed by atoms with Gasteiger partial charge in [0.1, 0.15) is 11.5 Å². The van der Waals surface area contributed by atoms with Crippen molar-refractivity contribution in [1.82, 2.24) is 15.1 Å². The molecule has 1 aliphatic rings. The molecule has 2 heterocycles. The third kappa shape index (κ3) is 4.46. The number of aromatic nitrogens is 2. The van der Waals surface area contributed by atoms with Gasteiger partial charge in [-0.15, -0.1) is 10.2 Å². The highest BCUT2D eigenvalue weighted by atomic mass is 16.5. The molecule has 0 aliphatic carbocycles. The zero-order valence-electron chi connectivity index (χ0n) is 15.5. The van der Waals surface area contributed by atoms with Gasteiger partial charge in [-0.3, -0.25) is 4.79 Å². The van der Waals surface area contributed by atoms with Crippen LogP contribution in [-0.2, 0) is 0 Å². The van der Waals surface area contributed by atoms with Crippen molar-refractivity contribution in [1.29, 1.82) is 0 Å². The standard InChI is InChI=1S/C22H22N4O2/c27-22(26-15-5-2-6-16-26)20-13-14-21(25-24-20)23-17-9-11-19(12-10-17)28-18-7-3-1-4-8-18/h1,3-4,7-14H,2,5-6,15-16H2,(H,23,25). The summed E-state index contributed by atoms with van der Waals surface area (Å²) >= 11 is 0. The zero-order valence-corrected chi connectivity index (χ0v) is 15.5. The second-order valence-corrected chi connectivity index (χ2v) is 6.72. The quantitative estimate of drug-likeness (QED) is 0.705. The SMILES string of the molecule is O=C(c1ccc(Nc2ccc(Oc3ccccc3)cc2)nn1)N1CCCCC1. The van der Waals surface area contributed by atoms with E-state index in [9.17, 15) is 4.79 Å². The van der Waals surface area contributed by atoms with Crippen LogP contribution in [0.25, 0.3) is 0 Å². The smallest absolute Gasteiger partial charge is 0.274 e. The Morgan fingerprint density at radius 2 is 1.54 bits per heavy atom. The highest BCUT2D eigenvalue weighted by Crippen LogP contribution is 2.24. The van der Waals surface area contributed by atoms with Crippen LogP contribution >= 0.6 is 0 Å². The Hall–Kier alpha value is -3.41. The molecule has 0 atom stereocenters. The number of anilines is 2. The fourth-order valence-corrected chi connectivity index (χ4v) is 3.15. The van der Waals surface area contributed by atoms with Crippen LogP contribution in [0.1, 0.15) is 29.8 Å². The number of nitrogens with zero attached hydrogens (tertiary/aromatic N) is 3. The maximum Gasteiger partial charge on any atom is 0.274 e. The van der Waals surface area contributed by atoms with E-state index in [0.29, 0.717) is 11.5 Å². The minimum absolute atomic E-state index is 0.0406. The molecule has 1 aliphatic heterocycles. The molecule has 4 rings (SSSR count). The number of piperidine rings is 1. The molecule has 1 N–H and O–H groups in total. The fraction of sp³-hybridized carbons (Fsp3) is 0.227. The van der Waals surface area contributed by atoms with Crippen molar-refractivity contribution in [2.45, 2.75) is 19.3 Å². The van der Waals surface area contributed by atoms with Crippen molar-refractivity contribution in [3.05, 3.63) is 72.4 Å². The lowest BCUT2D eigenvalue weighted by molar-refractivity contribution is 0.0717. The van der Waals surface area contributed by atoms with Crippen LogP contribution < -0.4 is 10.1 Å². The number of likely N-dealkylation sites (tertiary alicyclic amines) is 1. The molecule has 1 amide bonds. The summed E-state index contributed by atoms with van der Waals surface area (Å²) in [5.74, 6) is 2.10. The summed E-state index contributed by atoms with van der Waals surface area (Å²) < 4.78 is 5.79. The predicted octanol–water partition coefficient (Wildman–Crippen LogP) is 4.64. The number of rotatable bonds is 5. The van der Waals surface area contributed by atoms with Gasteiger partial charge in [0, 0.05) is 18.8 Å². The average Bonchev–Trinajstić information content (AvgIpc) is 2.76. The fourth-order valence-electron chi connectivity index (χ4n) is 3.15. The molecule has 0 unspecified atom stereocenters. The van der Waals surface area contributed by atoms with Crippen molar-refractivity contribution >= 4 is 17.4 Å². The number of benzene rings is 2. The minimum atomic E-state index is -0.0406. The molecule has 1 saturated heterocycles. The van der Waals surface area contributed by atoms with Crippen LogP contribution in [0.4, 0.5) is 11.5 Å². The number of para-hydroxylation sites is 1. The van der Waals surface area contributed by atoms with Gasteiger partial charge < -0.3 is 15.0 Å². The highest BCUT2D eigenvalue weighted by Gasteiger charge is 2.19. The van der Waals surface area contributed by atoms with E-state index in [1.807, 2.05) is 59.5 Å². The summed E-state index contributed by atoms with van der Waals surface area (Å²) in [6, 6.07) is 20.7. The summed E-state index contributed by atoms with van der Waals surface area (Å²) in [5.41, 5.74) is 1.25. The van der Waals surface area contributed by atoms with Gasteiger partial charge in [0.15, 0.2) is 11.5 Å². The third-order valence-electron chi connectivity index (χ3n) is 4.63. The molecular weight excluding hydrogens is 352 g/mol. The first kappa shape index (κ1) is 18.0. The first-order valence-corrected chi connectivity index (χ1v) is 9.51. The number of carbonyl (C=O) groups excluding carboxylic acids is 1. The van der Waals surface area contributed by atoms with E-state index in [1.54, 1.807) is 12.1 Å². The number of nitrogens with one attached hydrogen (secondary N) is 1. The van der Waals surface area contributed by atoms with Gasteiger partial charge in [0.2, 0.25) is 0 Å². The summed E-state index contributed by atoms with van der Waals surface area (Å²) in [6.45, 7) is 1.61. The number of hydrogen-bond acceptors (Lipinski definition) is 5. The second-order valence-electron chi connectivity index (χ2n) is 6.72. The summed E-state index contributed by atoms with van der Waals surface area (Å²) in [5, 5.41) is 11.4. The van der Waals surface area contributed by atoms with E-state index < -0.39 is 0 Å². The lowest BCUT2D eigenvalue weighted by Gasteiger charge is -2.26. The molecule has 0 radical (unpaired) electrons. The van der Waals surface area contributed by atoms with Gasteiger partial charge in [0.25, 0.3) is 5.91 Å². The Labute approximate surface area is 164 Å². The van der Waals surface area contributed by atoms with Gasteiger partial charge in [0.05, 0.1) is 0 Å². The Morgan fingerprint density at radius 1 is 0.821 bits per heavy atom. The Balaban J connectivity index is 1.37. The van der Waals surface area contributed by atoms with E-state index in [-0.39, 0.29) is 5.91 Å². The largest absolute Gasteiger partial charge is 0.457 e. The highest BCUT2D eigenvalue weighted by molar-refractivity contribution is 5.92. The third-order valence-corrected chi connectivity index (χ3v) is 4.63. The lowest BCUT2D eigenvalue weighted by Crippen LogP contribution is -2.36.